The number of thiazole rings is 1. The van der Waals surface area contributed by atoms with Crippen LogP contribution in [0.15, 0.2) is 53.4 Å². The normalized spacial score (nSPS) is 12.8. The fourth-order valence-electron chi connectivity index (χ4n) is 2.53. The summed E-state index contributed by atoms with van der Waals surface area (Å²) in [7, 11) is -3.73. The van der Waals surface area contributed by atoms with Crippen molar-refractivity contribution < 1.29 is 17.9 Å². The summed E-state index contributed by atoms with van der Waals surface area (Å²) in [6, 6.07) is 13.6. The van der Waals surface area contributed by atoms with Crippen LogP contribution in [-0.2, 0) is 26.2 Å². The van der Waals surface area contributed by atoms with E-state index in [1.807, 2.05) is 24.3 Å². The number of benzene rings is 2. The van der Waals surface area contributed by atoms with E-state index in [1.165, 1.54) is 23.5 Å². The number of primary sulfonamides is 1. The zero-order valence-corrected chi connectivity index (χ0v) is 16.2. The number of amides is 1. The van der Waals surface area contributed by atoms with Gasteiger partial charge >= 0.3 is 0 Å². The third kappa shape index (κ3) is 5.10. The number of fused-ring (bicyclic) bond motifs is 1. The van der Waals surface area contributed by atoms with Gasteiger partial charge in [0.15, 0.2) is 0 Å². The number of nitrogens with one attached hydrogen (secondary N) is 1. The lowest BCUT2D eigenvalue weighted by molar-refractivity contribution is -0.126. The number of carbonyl (C=O) groups is 1. The van der Waals surface area contributed by atoms with Gasteiger partial charge in [0.1, 0.15) is 11.6 Å². The third-order valence-corrected chi connectivity index (χ3v) is 5.82. The van der Waals surface area contributed by atoms with E-state index < -0.39 is 10.0 Å². The third-order valence-electron chi connectivity index (χ3n) is 3.88. The van der Waals surface area contributed by atoms with Crippen LogP contribution in [0.2, 0.25) is 0 Å². The van der Waals surface area contributed by atoms with Gasteiger partial charge in [-0.25, -0.2) is 18.5 Å². The standard InChI is InChI=1S/C18H19N3O4S2/c1-12(13-6-8-14(9-7-13)27(19,23)24)20-17(22)10-25-11-18-21-15-4-2-3-5-16(15)26-18/h2-9,12H,10-11H2,1H3,(H,20,22)(H2,19,23,24)/t12-/m0/s1. The lowest BCUT2D eigenvalue weighted by atomic mass is 10.1. The maximum Gasteiger partial charge on any atom is 0.246 e. The van der Waals surface area contributed by atoms with Crippen LogP contribution < -0.4 is 10.5 Å². The van der Waals surface area contributed by atoms with Crippen LogP contribution in [-0.4, -0.2) is 25.9 Å². The van der Waals surface area contributed by atoms with Crippen molar-refractivity contribution in [1.29, 1.82) is 0 Å². The van der Waals surface area contributed by atoms with E-state index >= 15 is 0 Å². The minimum Gasteiger partial charge on any atom is -0.364 e. The van der Waals surface area contributed by atoms with Crippen molar-refractivity contribution in [1.82, 2.24) is 10.3 Å². The number of nitrogens with two attached hydrogens (primary N) is 1. The molecule has 7 nitrogen and oxygen atoms in total. The van der Waals surface area contributed by atoms with Gasteiger partial charge in [-0.15, -0.1) is 11.3 Å². The van der Waals surface area contributed by atoms with Crippen LogP contribution in [0.4, 0.5) is 0 Å². The Labute approximate surface area is 161 Å². The molecule has 1 amide bonds. The first kappa shape index (κ1) is 19.4. The minimum atomic E-state index is -3.73. The molecule has 1 heterocycles. The molecule has 0 unspecified atom stereocenters. The molecule has 3 rings (SSSR count). The first-order chi connectivity index (χ1) is 12.8. The molecule has 0 saturated carbocycles. The van der Waals surface area contributed by atoms with Gasteiger partial charge in [0.2, 0.25) is 15.9 Å². The second-order valence-electron chi connectivity index (χ2n) is 5.97. The van der Waals surface area contributed by atoms with E-state index in [0.717, 1.165) is 20.8 Å². The predicted octanol–water partition coefficient (Wildman–Crippen LogP) is 2.34. The summed E-state index contributed by atoms with van der Waals surface area (Å²) >= 11 is 1.54. The highest BCUT2D eigenvalue weighted by molar-refractivity contribution is 7.89. The summed E-state index contributed by atoms with van der Waals surface area (Å²) in [6.45, 7) is 1.98. The maximum atomic E-state index is 12.0. The van der Waals surface area contributed by atoms with Crippen molar-refractivity contribution in [2.24, 2.45) is 5.14 Å². The first-order valence-electron chi connectivity index (χ1n) is 8.17. The second-order valence-corrected chi connectivity index (χ2v) is 8.65. The van der Waals surface area contributed by atoms with E-state index in [-0.39, 0.29) is 30.1 Å². The van der Waals surface area contributed by atoms with Crippen molar-refractivity contribution in [2.45, 2.75) is 24.5 Å². The van der Waals surface area contributed by atoms with Crippen LogP contribution in [0.3, 0.4) is 0 Å². The number of carbonyl (C=O) groups excluding carboxylic acids is 1. The van der Waals surface area contributed by atoms with Crippen LogP contribution in [0, 0.1) is 0 Å². The molecule has 1 aromatic heterocycles. The Balaban J connectivity index is 1.49. The molecule has 142 valence electrons. The van der Waals surface area contributed by atoms with Crippen LogP contribution >= 0.6 is 11.3 Å². The van der Waals surface area contributed by atoms with Crippen LogP contribution in [0.1, 0.15) is 23.5 Å². The van der Waals surface area contributed by atoms with Crippen molar-refractivity contribution in [2.75, 3.05) is 6.61 Å². The van der Waals surface area contributed by atoms with E-state index in [2.05, 4.69) is 10.3 Å². The van der Waals surface area contributed by atoms with Gasteiger partial charge in [-0.2, -0.15) is 0 Å². The zero-order valence-electron chi connectivity index (χ0n) is 14.6. The molecule has 1 atom stereocenters. The number of sulfonamides is 1. The largest absolute Gasteiger partial charge is 0.364 e. The Hall–Kier alpha value is -2.33. The molecular weight excluding hydrogens is 386 g/mol. The highest BCUT2D eigenvalue weighted by atomic mass is 32.2. The molecule has 3 N–H and O–H groups in total. The first-order valence-corrected chi connectivity index (χ1v) is 10.5. The molecule has 27 heavy (non-hydrogen) atoms. The fraction of sp³-hybridized carbons (Fsp3) is 0.222. The van der Waals surface area contributed by atoms with Crippen molar-refractivity contribution >= 4 is 37.5 Å². The monoisotopic (exact) mass is 405 g/mol. The average molecular weight is 406 g/mol. The van der Waals surface area contributed by atoms with Gasteiger partial charge in [-0.1, -0.05) is 24.3 Å². The molecular formula is C18H19N3O4S2. The van der Waals surface area contributed by atoms with Crippen LogP contribution in [0.25, 0.3) is 10.2 Å². The molecule has 0 aliphatic heterocycles. The number of aromatic nitrogens is 1. The highest BCUT2D eigenvalue weighted by Crippen LogP contribution is 2.22. The predicted molar refractivity (Wildman–Crippen MR) is 104 cm³/mol. The van der Waals surface area contributed by atoms with Gasteiger partial charge < -0.3 is 10.1 Å². The Morgan fingerprint density at radius 2 is 1.93 bits per heavy atom. The van der Waals surface area contributed by atoms with E-state index in [4.69, 9.17) is 9.88 Å². The molecule has 0 saturated heterocycles. The van der Waals surface area contributed by atoms with E-state index in [0.29, 0.717) is 0 Å². The number of hydrogen-bond acceptors (Lipinski definition) is 6. The van der Waals surface area contributed by atoms with Gasteiger partial charge in [0.05, 0.1) is 27.8 Å². The molecule has 0 fully saturated rings. The number of ether oxygens (including phenoxy) is 1. The quantitative estimate of drug-likeness (QED) is 0.627. The molecule has 0 radical (unpaired) electrons. The highest BCUT2D eigenvalue weighted by Gasteiger charge is 2.12. The zero-order chi connectivity index (χ0) is 19.4. The summed E-state index contributed by atoms with van der Waals surface area (Å²) in [5, 5.41) is 8.69. The summed E-state index contributed by atoms with van der Waals surface area (Å²) in [4.78, 5) is 16.5. The fourth-order valence-corrected chi connectivity index (χ4v) is 3.95. The van der Waals surface area contributed by atoms with Gasteiger partial charge in [0, 0.05) is 0 Å². The van der Waals surface area contributed by atoms with Crippen molar-refractivity contribution in [3.63, 3.8) is 0 Å². The Bertz CT molecular complexity index is 1010. The number of nitrogens with zero attached hydrogens (tertiary/aromatic N) is 1. The molecule has 0 bridgehead atoms. The van der Waals surface area contributed by atoms with E-state index in [9.17, 15) is 13.2 Å². The lowest BCUT2D eigenvalue weighted by Gasteiger charge is -2.14. The van der Waals surface area contributed by atoms with Gasteiger partial charge in [-0.05, 0) is 36.8 Å². The summed E-state index contributed by atoms with van der Waals surface area (Å²) in [5.41, 5.74) is 1.68. The van der Waals surface area contributed by atoms with Gasteiger partial charge in [0.25, 0.3) is 0 Å². The van der Waals surface area contributed by atoms with Crippen LogP contribution in [0.5, 0.6) is 0 Å². The average Bonchev–Trinajstić information content (AvgIpc) is 3.03. The lowest BCUT2D eigenvalue weighted by Crippen LogP contribution is -2.30. The van der Waals surface area contributed by atoms with Crippen molar-refractivity contribution in [3.8, 4) is 0 Å². The SMILES string of the molecule is C[C@H](NC(=O)COCc1nc2ccccc2s1)c1ccc(S(N)(=O)=O)cc1. The molecule has 0 aliphatic carbocycles. The number of para-hydroxylation sites is 1. The number of rotatable bonds is 7. The van der Waals surface area contributed by atoms with Crippen molar-refractivity contribution in [3.05, 3.63) is 59.1 Å². The summed E-state index contributed by atoms with van der Waals surface area (Å²) < 4.78 is 29.1. The van der Waals surface area contributed by atoms with E-state index in [1.54, 1.807) is 19.1 Å². The molecule has 2 aromatic carbocycles. The minimum absolute atomic E-state index is 0.0314. The molecule has 0 spiro atoms. The molecule has 3 aromatic rings. The van der Waals surface area contributed by atoms with Gasteiger partial charge in [-0.3, -0.25) is 4.79 Å². The molecule has 0 aliphatic rings. The number of hydrogen-bond donors (Lipinski definition) is 2. The second kappa shape index (κ2) is 8.13. The maximum absolute atomic E-state index is 12.0. The summed E-state index contributed by atoms with van der Waals surface area (Å²) in [6.07, 6.45) is 0. The molecule has 9 heteroatoms. The topological polar surface area (TPSA) is 111 Å². The smallest absolute Gasteiger partial charge is 0.246 e. The Morgan fingerprint density at radius 3 is 2.59 bits per heavy atom. The Morgan fingerprint density at radius 1 is 1.22 bits per heavy atom. The Kier molecular flexibility index (Phi) is 5.85. The summed E-state index contributed by atoms with van der Waals surface area (Å²) in [5.74, 6) is -0.265.